The molecule has 0 saturated heterocycles. The maximum Gasteiger partial charge on any atom is 0.184 e. The first-order valence-electron chi connectivity index (χ1n) is 8.97. The molecule has 22 heavy (non-hydrogen) atoms. The fraction of sp³-hybridized carbons (Fsp3) is 0.842. The van der Waals surface area contributed by atoms with Crippen molar-refractivity contribution in [2.24, 2.45) is 28.6 Å². The molecule has 0 aromatic rings. The zero-order valence-electron chi connectivity index (χ0n) is 13.7. The van der Waals surface area contributed by atoms with E-state index < -0.39 is 6.10 Å². The van der Waals surface area contributed by atoms with Crippen molar-refractivity contribution in [2.45, 2.75) is 71.0 Å². The Hall–Kier alpha value is -0.670. The molecule has 3 nitrogen and oxygen atoms in total. The summed E-state index contributed by atoms with van der Waals surface area (Å²) in [6.45, 7) is 4.57. The number of carbonyl (C=O) groups excluding carboxylic acids is 1. The number of hydrogen-bond acceptors (Lipinski definition) is 3. The monoisotopic (exact) mass is 304 g/mol. The fourth-order valence-corrected chi connectivity index (χ4v) is 6.59. The fourth-order valence-electron chi connectivity index (χ4n) is 6.59. The normalized spacial score (nSPS) is 54.3. The molecule has 0 aromatic heterocycles. The van der Waals surface area contributed by atoms with Crippen molar-refractivity contribution in [2.75, 3.05) is 0 Å². The summed E-state index contributed by atoms with van der Waals surface area (Å²) in [5, 5.41) is 20.6. The van der Waals surface area contributed by atoms with Crippen LogP contribution >= 0.6 is 0 Å². The molecule has 4 aliphatic carbocycles. The third-order valence-electron chi connectivity index (χ3n) is 7.95. The number of ketones is 1. The summed E-state index contributed by atoms with van der Waals surface area (Å²) in [5.74, 6) is 1.74. The van der Waals surface area contributed by atoms with Gasteiger partial charge < -0.3 is 10.2 Å². The highest BCUT2D eigenvalue weighted by Crippen LogP contribution is 2.65. The summed E-state index contributed by atoms with van der Waals surface area (Å²) in [6, 6.07) is 0. The Labute approximate surface area is 132 Å². The Balaban J connectivity index is 1.70. The van der Waals surface area contributed by atoms with Gasteiger partial charge in [0.25, 0.3) is 0 Å². The molecule has 0 unspecified atom stereocenters. The van der Waals surface area contributed by atoms with Crippen molar-refractivity contribution in [3.63, 3.8) is 0 Å². The minimum Gasteiger partial charge on any atom is -0.393 e. The van der Waals surface area contributed by atoms with Crippen LogP contribution < -0.4 is 0 Å². The Morgan fingerprint density at radius 1 is 1.09 bits per heavy atom. The maximum absolute atomic E-state index is 11.9. The van der Waals surface area contributed by atoms with E-state index in [1.54, 1.807) is 6.08 Å². The predicted octanol–water partition coefficient (Wildman–Crippen LogP) is 2.85. The summed E-state index contributed by atoms with van der Waals surface area (Å²) in [4.78, 5) is 11.9. The third-order valence-corrected chi connectivity index (χ3v) is 7.95. The van der Waals surface area contributed by atoms with Crippen LogP contribution in [0.3, 0.4) is 0 Å². The number of carbonyl (C=O) groups is 1. The molecule has 3 fully saturated rings. The van der Waals surface area contributed by atoms with Gasteiger partial charge in [-0.3, -0.25) is 4.79 Å². The summed E-state index contributed by atoms with van der Waals surface area (Å²) < 4.78 is 0. The van der Waals surface area contributed by atoms with Crippen molar-refractivity contribution in [3.8, 4) is 0 Å². The second-order valence-corrected chi connectivity index (χ2v) is 8.76. The number of rotatable bonds is 0. The summed E-state index contributed by atoms with van der Waals surface area (Å²) in [7, 11) is 0. The lowest BCUT2D eigenvalue weighted by molar-refractivity contribution is -0.128. The van der Waals surface area contributed by atoms with Crippen molar-refractivity contribution in [1.29, 1.82) is 0 Å². The summed E-state index contributed by atoms with van der Waals surface area (Å²) in [5.41, 5.74) is 1.37. The Morgan fingerprint density at radius 3 is 2.64 bits per heavy atom. The van der Waals surface area contributed by atoms with Gasteiger partial charge in [-0.2, -0.15) is 0 Å². The number of allylic oxidation sites excluding steroid dienone is 1. The molecule has 7 atom stereocenters. The highest BCUT2D eigenvalue weighted by Gasteiger charge is 2.59. The van der Waals surface area contributed by atoms with Crippen molar-refractivity contribution >= 4 is 5.78 Å². The summed E-state index contributed by atoms with van der Waals surface area (Å²) in [6.07, 6.45) is 7.88. The first-order valence-corrected chi connectivity index (χ1v) is 8.97. The number of aliphatic hydroxyl groups is 2. The van der Waals surface area contributed by atoms with Crippen molar-refractivity contribution in [3.05, 3.63) is 11.6 Å². The standard InChI is InChI=1S/C19H28O3/c1-18-8-7-14-12(13(18)5-6-17(18)22)4-3-11-9-15(20)16(21)10-19(11,14)2/h9,12-14,16-17,21-22H,3-8,10H2,1-2H3/t12-,13+,14+,16-,17+,18-,19-/m1/s1. The topological polar surface area (TPSA) is 57.5 Å². The molecule has 3 heteroatoms. The van der Waals surface area contributed by atoms with Gasteiger partial charge in [-0.15, -0.1) is 0 Å². The largest absolute Gasteiger partial charge is 0.393 e. The van der Waals surface area contributed by atoms with Gasteiger partial charge in [0.15, 0.2) is 5.78 Å². The lowest BCUT2D eigenvalue weighted by Gasteiger charge is -2.58. The van der Waals surface area contributed by atoms with Gasteiger partial charge in [0.05, 0.1) is 6.10 Å². The van der Waals surface area contributed by atoms with Crippen LogP contribution in [0, 0.1) is 28.6 Å². The van der Waals surface area contributed by atoms with Crippen LogP contribution in [-0.2, 0) is 4.79 Å². The average molecular weight is 304 g/mol. The van der Waals surface area contributed by atoms with E-state index in [9.17, 15) is 15.0 Å². The van der Waals surface area contributed by atoms with Crippen LogP contribution in [-0.4, -0.2) is 28.2 Å². The predicted molar refractivity (Wildman–Crippen MR) is 84.1 cm³/mol. The van der Waals surface area contributed by atoms with E-state index in [-0.39, 0.29) is 22.7 Å². The maximum atomic E-state index is 11.9. The molecule has 3 saturated carbocycles. The van der Waals surface area contributed by atoms with Gasteiger partial charge in [-0.1, -0.05) is 19.4 Å². The highest BCUT2D eigenvalue weighted by molar-refractivity contribution is 5.95. The van der Waals surface area contributed by atoms with Crippen molar-refractivity contribution in [1.82, 2.24) is 0 Å². The van der Waals surface area contributed by atoms with Crippen LogP contribution in [0.4, 0.5) is 0 Å². The molecule has 2 N–H and O–H groups in total. The van der Waals surface area contributed by atoms with E-state index >= 15 is 0 Å². The van der Waals surface area contributed by atoms with Crippen LogP contribution in [0.15, 0.2) is 11.6 Å². The molecular formula is C19H28O3. The second kappa shape index (κ2) is 4.67. The smallest absolute Gasteiger partial charge is 0.184 e. The van der Waals surface area contributed by atoms with E-state index in [0.717, 1.165) is 38.5 Å². The van der Waals surface area contributed by atoms with Crippen LogP contribution in [0.25, 0.3) is 0 Å². The SMILES string of the molecule is C[C@@]12CC[C@H]3[C@H](CCC4=CC(=O)[C@H](O)C[C@]43C)[C@@H]1CC[C@@H]2O. The molecular weight excluding hydrogens is 276 g/mol. The molecule has 0 amide bonds. The molecule has 4 rings (SSSR count). The highest BCUT2D eigenvalue weighted by atomic mass is 16.3. The first-order chi connectivity index (χ1) is 10.4. The number of fused-ring (bicyclic) bond motifs is 5. The zero-order valence-corrected chi connectivity index (χ0v) is 13.7. The third kappa shape index (κ3) is 1.78. The average Bonchev–Trinajstić information content (AvgIpc) is 2.77. The lowest BCUT2D eigenvalue weighted by atomic mass is 9.47. The van der Waals surface area contributed by atoms with Gasteiger partial charge in [-0.05, 0) is 79.6 Å². The molecule has 0 heterocycles. The molecule has 0 spiro atoms. The number of hydrogen-bond donors (Lipinski definition) is 2. The molecule has 4 aliphatic rings. The molecule has 0 bridgehead atoms. The first kappa shape index (κ1) is 14.9. The molecule has 122 valence electrons. The Morgan fingerprint density at radius 2 is 1.86 bits per heavy atom. The number of aliphatic hydroxyl groups excluding tert-OH is 2. The molecule has 0 radical (unpaired) electrons. The molecule has 0 aliphatic heterocycles. The minimum atomic E-state index is -0.810. The van der Waals surface area contributed by atoms with E-state index in [0.29, 0.717) is 24.2 Å². The molecule has 0 aromatic carbocycles. The summed E-state index contributed by atoms with van der Waals surface area (Å²) >= 11 is 0. The van der Waals surface area contributed by atoms with Gasteiger partial charge in [0.1, 0.15) is 6.10 Å². The van der Waals surface area contributed by atoms with Gasteiger partial charge in [0.2, 0.25) is 0 Å². The van der Waals surface area contributed by atoms with E-state index in [1.165, 1.54) is 5.57 Å². The van der Waals surface area contributed by atoms with Gasteiger partial charge >= 0.3 is 0 Å². The Bertz CT molecular complexity index is 539. The van der Waals surface area contributed by atoms with Crippen LogP contribution in [0.5, 0.6) is 0 Å². The van der Waals surface area contributed by atoms with E-state index in [4.69, 9.17) is 0 Å². The van der Waals surface area contributed by atoms with Crippen LogP contribution in [0.1, 0.15) is 58.8 Å². The van der Waals surface area contributed by atoms with E-state index in [2.05, 4.69) is 13.8 Å². The van der Waals surface area contributed by atoms with Crippen LogP contribution in [0.2, 0.25) is 0 Å². The van der Waals surface area contributed by atoms with Crippen molar-refractivity contribution < 1.29 is 15.0 Å². The Kier molecular flexibility index (Phi) is 3.16. The minimum absolute atomic E-state index is 0.00881. The second-order valence-electron chi connectivity index (χ2n) is 8.76. The van der Waals surface area contributed by atoms with Gasteiger partial charge in [-0.25, -0.2) is 0 Å². The quantitative estimate of drug-likeness (QED) is 0.723. The van der Waals surface area contributed by atoms with Gasteiger partial charge in [0, 0.05) is 0 Å². The zero-order chi connectivity index (χ0) is 15.7. The lowest BCUT2D eigenvalue weighted by Crippen LogP contribution is -2.52. The van der Waals surface area contributed by atoms with E-state index in [1.807, 2.05) is 0 Å².